The average molecular weight is 284 g/mol. The summed E-state index contributed by atoms with van der Waals surface area (Å²) in [6.45, 7) is -1.14. The standard InChI is InChI=1S/C13H20N4O3/c1-9(18)6-4-5-7-17-12(19)10-11(14-8-15(10)2)16(3)13(17)20/h8-9,18H,4-7H2,1-3H3/t9-/m0/s1/i2D3,9D. The molecule has 7 heteroatoms. The summed E-state index contributed by atoms with van der Waals surface area (Å²) in [5.41, 5.74) is -1.42. The minimum atomic E-state index is -2.58. The maximum Gasteiger partial charge on any atom is 0.332 e. The highest BCUT2D eigenvalue weighted by atomic mass is 16.3. The van der Waals surface area contributed by atoms with Crippen LogP contribution in [0.2, 0.25) is 0 Å². The van der Waals surface area contributed by atoms with E-state index in [0.29, 0.717) is 12.8 Å². The summed E-state index contributed by atoms with van der Waals surface area (Å²) in [5, 5.41) is 9.37. The summed E-state index contributed by atoms with van der Waals surface area (Å²) < 4.78 is 32.7. The van der Waals surface area contributed by atoms with Crippen LogP contribution in [0.15, 0.2) is 15.9 Å². The molecule has 1 N–H and O–H groups in total. The number of aryl methyl sites for hydroxylation is 2. The van der Waals surface area contributed by atoms with Gasteiger partial charge in [-0.15, -0.1) is 0 Å². The number of unbranched alkanes of at least 4 members (excludes halogenated alkanes) is 1. The first-order valence-electron chi connectivity index (χ1n) is 8.33. The topological polar surface area (TPSA) is 82.1 Å². The molecule has 0 spiro atoms. The molecule has 2 aromatic rings. The van der Waals surface area contributed by atoms with E-state index in [1.807, 2.05) is 0 Å². The van der Waals surface area contributed by atoms with Gasteiger partial charge in [0.25, 0.3) is 5.56 Å². The highest BCUT2D eigenvalue weighted by Gasteiger charge is 2.14. The van der Waals surface area contributed by atoms with Gasteiger partial charge in [-0.05, 0) is 26.2 Å². The maximum atomic E-state index is 12.6. The van der Waals surface area contributed by atoms with E-state index in [0.717, 1.165) is 20.0 Å². The van der Waals surface area contributed by atoms with Crippen LogP contribution in [0.25, 0.3) is 11.2 Å². The summed E-state index contributed by atoms with van der Waals surface area (Å²) >= 11 is 0. The molecule has 1 atom stereocenters. The van der Waals surface area contributed by atoms with Gasteiger partial charge < -0.3 is 9.67 Å². The zero-order valence-electron chi connectivity index (χ0n) is 15.5. The molecule has 0 saturated heterocycles. The highest BCUT2D eigenvalue weighted by Crippen LogP contribution is 2.04. The molecule has 0 amide bonds. The number of hydrogen-bond acceptors (Lipinski definition) is 4. The minimum Gasteiger partial charge on any atom is -0.393 e. The molecule has 110 valence electrons. The third-order valence-corrected chi connectivity index (χ3v) is 3.20. The van der Waals surface area contributed by atoms with Crippen molar-refractivity contribution in [3.8, 4) is 0 Å². The van der Waals surface area contributed by atoms with Crippen molar-refractivity contribution in [1.82, 2.24) is 18.7 Å². The van der Waals surface area contributed by atoms with E-state index < -0.39 is 24.3 Å². The van der Waals surface area contributed by atoms with E-state index in [2.05, 4.69) is 4.98 Å². The Morgan fingerprint density at radius 3 is 2.90 bits per heavy atom. The van der Waals surface area contributed by atoms with Crippen molar-refractivity contribution in [2.75, 3.05) is 0 Å². The summed E-state index contributed by atoms with van der Waals surface area (Å²) in [7, 11) is 1.42. The lowest BCUT2D eigenvalue weighted by Crippen LogP contribution is -2.39. The molecule has 0 aliphatic heterocycles. The van der Waals surface area contributed by atoms with Crippen LogP contribution < -0.4 is 11.2 Å². The van der Waals surface area contributed by atoms with Crippen LogP contribution in [-0.2, 0) is 20.6 Å². The fourth-order valence-electron chi connectivity index (χ4n) is 2.12. The van der Waals surface area contributed by atoms with Crippen LogP contribution >= 0.6 is 0 Å². The normalized spacial score (nSPS) is 18.1. The van der Waals surface area contributed by atoms with Crippen molar-refractivity contribution in [1.29, 1.82) is 0 Å². The molecule has 2 heterocycles. The van der Waals surface area contributed by atoms with Gasteiger partial charge >= 0.3 is 5.69 Å². The van der Waals surface area contributed by atoms with Crippen LogP contribution in [0.5, 0.6) is 0 Å². The fraction of sp³-hybridized carbons (Fsp3) is 0.615. The van der Waals surface area contributed by atoms with E-state index in [1.165, 1.54) is 14.0 Å². The molecule has 0 unspecified atom stereocenters. The Labute approximate surface area is 121 Å². The number of aliphatic hydroxyl groups is 1. The highest BCUT2D eigenvalue weighted by molar-refractivity contribution is 5.69. The molecule has 0 fully saturated rings. The Morgan fingerprint density at radius 2 is 2.25 bits per heavy atom. The second-order valence-corrected chi connectivity index (χ2v) is 4.78. The summed E-state index contributed by atoms with van der Waals surface area (Å²) in [4.78, 5) is 28.7. The van der Waals surface area contributed by atoms with E-state index in [1.54, 1.807) is 0 Å². The Kier molecular flexibility index (Phi) is 2.79. The van der Waals surface area contributed by atoms with Crippen molar-refractivity contribution in [3.05, 3.63) is 27.2 Å². The molecule has 7 nitrogen and oxygen atoms in total. The van der Waals surface area contributed by atoms with Gasteiger partial charge in [0.2, 0.25) is 0 Å². The van der Waals surface area contributed by atoms with Gasteiger partial charge in [-0.2, -0.15) is 0 Å². The maximum absolute atomic E-state index is 12.6. The minimum absolute atomic E-state index is 0.0199. The second kappa shape index (κ2) is 5.62. The number of imidazole rings is 1. The van der Waals surface area contributed by atoms with Crippen molar-refractivity contribution >= 4 is 11.2 Å². The van der Waals surface area contributed by atoms with Crippen LogP contribution in [0.1, 0.15) is 31.7 Å². The lowest BCUT2D eigenvalue weighted by atomic mass is 10.2. The molecule has 20 heavy (non-hydrogen) atoms. The lowest BCUT2D eigenvalue weighted by molar-refractivity contribution is 0.180. The van der Waals surface area contributed by atoms with Gasteiger partial charge in [-0.1, -0.05) is 0 Å². The number of rotatable bonds is 5. The van der Waals surface area contributed by atoms with Crippen molar-refractivity contribution in [2.45, 2.75) is 38.8 Å². The number of nitrogens with zero attached hydrogens (tertiary/aromatic N) is 4. The summed E-state index contributed by atoms with van der Waals surface area (Å²) in [6.07, 6.45) is 0.525. The van der Waals surface area contributed by atoms with E-state index in [9.17, 15) is 14.7 Å². The van der Waals surface area contributed by atoms with Crippen molar-refractivity contribution in [3.63, 3.8) is 0 Å². The first-order chi connectivity index (χ1) is 10.9. The predicted molar refractivity (Wildman–Crippen MR) is 75.7 cm³/mol. The summed E-state index contributed by atoms with van der Waals surface area (Å²) in [6, 6.07) is 0. The molecule has 0 aromatic carbocycles. The molecule has 0 aliphatic rings. The quantitative estimate of drug-likeness (QED) is 0.783. The Hall–Kier alpha value is -1.89. The van der Waals surface area contributed by atoms with Crippen LogP contribution in [0.3, 0.4) is 0 Å². The largest absolute Gasteiger partial charge is 0.393 e. The zero-order valence-corrected chi connectivity index (χ0v) is 11.5. The van der Waals surface area contributed by atoms with Gasteiger partial charge in [0.05, 0.1) is 13.8 Å². The first kappa shape index (κ1) is 9.93. The van der Waals surface area contributed by atoms with Crippen LogP contribution in [0.4, 0.5) is 0 Å². The average Bonchev–Trinajstić information content (AvgIpc) is 2.88. The first-order valence-corrected chi connectivity index (χ1v) is 6.33. The third-order valence-electron chi connectivity index (χ3n) is 3.20. The van der Waals surface area contributed by atoms with Gasteiger partial charge in [-0.25, -0.2) is 9.78 Å². The van der Waals surface area contributed by atoms with Crippen LogP contribution in [0, 0.1) is 0 Å². The molecule has 0 bridgehead atoms. The van der Waals surface area contributed by atoms with E-state index in [4.69, 9.17) is 5.48 Å². The number of hydrogen-bond donors (Lipinski definition) is 1. The number of fused-ring (bicyclic) bond motifs is 1. The molecule has 0 radical (unpaired) electrons. The molecular weight excluding hydrogens is 260 g/mol. The predicted octanol–water partition coefficient (Wildman–Crippen LogP) is -0.0152. The monoisotopic (exact) mass is 284 g/mol. The summed E-state index contributed by atoms with van der Waals surface area (Å²) in [5.74, 6) is 0. The number of aromatic nitrogens is 4. The molecule has 0 aliphatic carbocycles. The Morgan fingerprint density at radius 1 is 1.50 bits per heavy atom. The Balaban J connectivity index is 2.44. The van der Waals surface area contributed by atoms with Gasteiger partial charge in [0.15, 0.2) is 11.2 Å². The lowest BCUT2D eigenvalue weighted by Gasteiger charge is -2.09. The smallest absolute Gasteiger partial charge is 0.332 e. The van der Waals surface area contributed by atoms with Gasteiger partial charge in [0, 0.05) is 24.7 Å². The van der Waals surface area contributed by atoms with Crippen molar-refractivity contribution in [2.24, 2.45) is 14.0 Å². The van der Waals surface area contributed by atoms with Gasteiger partial charge in [0.1, 0.15) is 0 Å². The fourth-order valence-corrected chi connectivity index (χ4v) is 2.12. The van der Waals surface area contributed by atoms with E-state index >= 15 is 0 Å². The molecular formula is C13H20N4O3. The van der Waals surface area contributed by atoms with Crippen LogP contribution in [-0.4, -0.2) is 29.9 Å². The third kappa shape index (κ3) is 2.53. The Bertz CT molecular complexity index is 857. The molecule has 2 rings (SSSR count). The van der Waals surface area contributed by atoms with Gasteiger partial charge in [-0.3, -0.25) is 13.9 Å². The SMILES string of the molecule is [2H]C([2H])([2H])n1cnc2c1c(=O)n(CCCC[C@]([2H])(C)O)c(=O)n2C. The molecule has 2 aromatic heterocycles. The van der Waals surface area contributed by atoms with E-state index in [-0.39, 0.29) is 24.1 Å². The van der Waals surface area contributed by atoms with Crippen molar-refractivity contribution < 1.29 is 10.6 Å². The second-order valence-electron chi connectivity index (χ2n) is 4.78. The molecule has 0 saturated carbocycles. The zero-order chi connectivity index (χ0) is 18.3.